The molecule has 0 aromatic heterocycles. The second-order valence-electron chi connectivity index (χ2n) is 5.24. The summed E-state index contributed by atoms with van der Waals surface area (Å²) in [5, 5.41) is 0. The number of rotatable bonds is 5. The molecule has 112 valence electrons. The molecule has 2 nitrogen and oxygen atoms in total. The van der Waals surface area contributed by atoms with Crippen molar-refractivity contribution in [3.05, 3.63) is 62.5 Å². The molecule has 0 fully saturated rings. The van der Waals surface area contributed by atoms with Crippen LogP contribution in [0.25, 0.3) is 0 Å². The molecule has 2 aromatic carbocycles. The second kappa shape index (κ2) is 7.43. The lowest BCUT2D eigenvalue weighted by Crippen LogP contribution is -2.17. The predicted molar refractivity (Wildman–Crippen MR) is 94.7 cm³/mol. The molecular formula is C17H19Br2NO. The summed E-state index contributed by atoms with van der Waals surface area (Å²) in [6.45, 7) is 4.05. The van der Waals surface area contributed by atoms with Crippen molar-refractivity contribution >= 4 is 31.9 Å². The van der Waals surface area contributed by atoms with Crippen molar-refractivity contribution in [1.29, 1.82) is 0 Å². The largest absolute Gasteiger partial charge is 0.484 e. The standard InChI is InChI=1S/C17H19Br2NO/c1-11(20)8-13-9-15(18)17(16(19)10-13)21-12(2)14-6-4-3-5-7-14/h3-7,9-12H,8,20H2,1-2H3. The van der Waals surface area contributed by atoms with E-state index in [1.54, 1.807) is 0 Å². The van der Waals surface area contributed by atoms with E-state index in [4.69, 9.17) is 10.5 Å². The van der Waals surface area contributed by atoms with Crippen LogP contribution in [0.5, 0.6) is 5.75 Å². The number of benzene rings is 2. The van der Waals surface area contributed by atoms with Gasteiger partial charge in [0, 0.05) is 6.04 Å². The van der Waals surface area contributed by atoms with Crippen molar-refractivity contribution < 1.29 is 4.74 Å². The first kappa shape index (κ1) is 16.5. The minimum Gasteiger partial charge on any atom is -0.484 e. The zero-order valence-electron chi connectivity index (χ0n) is 12.1. The molecule has 0 amide bonds. The summed E-state index contributed by atoms with van der Waals surface area (Å²) >= 11 is 7.19. The monoisotopic (exact) mass is 411 g/mol. The first-order chi connectivity index (χ1) is 9.97. The third-order valence-electron chi connectivity index (χ3n) is 3.18. The Morgan fingerprint density at radius 1 is 1.05 bits per heavy atom. The van der Waals surface area contributed by atoms with Crippen molar-refractivity contribution in [2.75, 3.05) is 0 Å². The number of nitrogens with two attached hydrogens (primary N) is 1. The van der Waals surface area contributed by atoms with Crippen LogP contribution in [0.4, 0.5) is 0 Å². The summed E-state index contributed by atoms with van der Waals surface area (Å²) in [5.74, 6) is 0.819. The Hall–Kier alpha value is -0.840. The van der Waals surface area contributed by atoms with E-state index in [1.807, 2.05) is 32.0 Å². The van der Waals surface area contributed by atoms with Crippen molar-refractivity contribution in [3.8, 4) is 5.75 Å². The maximum absolute atomic E-state index is 6.10. The maximum atomic E-state index is 6.10. The van der Waals surface area contributed by atoms with E-state index in [9.17, 15) is 0 Å². The van der Waals surface area contributed by atoms with Gasteiger partial charge in [0.25, 0.3) is 0 Å². The molecule has 0 saturated carbocycles. The lowest BCUT2D eigenvalue weighted by molar-refractivity contribution is 0.224. The quantitative estimate of drug-likeness (QED) is 0.728. The molecule has 0 aliphatic carbocycles. The van der Waals surface area contributed by atoms with Crippen LogP contribution in [0.1, 0.15) is 31.1 Å². The van der Waals surface area contributed by atoms with Crippen LogP contribution in [0.2, 0.25) is 0 Å². The van der Waals surface area contributed by atoms with Crippen LogP contribution in [0.15, 0.2) is 51.4 Å². The Labute approximate surface area is 143 Å². The fourth-order valence-electron chi connectivity index (χ4n) is 2.18. The Balaban J connectivity index is 2.20. The lowest BCUT2D eigenvalue weighted by atomic mass is 10.1. The Kier molecular flexibility index (Phi) is 5.85. The van der Waals surface area contributed by atoms with Gasteiger partial charge in [-0.15, -0.1) is 0 Å². The average molecular weight is 413 g/mol. The zero-order chi connectivity index (χ0) is 15.4. The molecule has 2 rings (SSSR count). The minimum absolute atomic E-state index is 0.0157. The van der Waals surface area contributed by atoms with Crippen LogP contribution >= 0.6 is 31.9 Å². The van der Waals surface area contributed by atoms with Gasteiger partial charge in [-0.1, -0.05) is 30.3 Å². The van der Waals surface area contributed by atoms with Gasteiger partial charge >= 0.3 is 0 Å². The van der Waals surface area contributed by atoms with Gasteiger partial charge in [0.15, 0.2) is 0 Å². The molecule has 0 radical (unpaired) electrons. The highest BCUT2D eigenvalue weighted by molar-refractivity contribution is 9.11. The Morgan fingerprint density at radius 2 is 1.62 bits per heavy atom. The van der Waals surface area contributed by atoms with Crippen molar-refractivity contribution in [3.63, 3.8) is 0 Å². The van der Waals surface area contributed by atoms with E-state index in [0.717, 1.165) is 26.7 Å². The molecule has 0 saturated heterocycles. The van der Waals surface area contributed by atoms with Gasteiger partial charge in [-0.25, -0.2) is 0 Å². The van der Waals surface area contributed by atoms with E-state index in [0.29, 0.717) is 0 Å². The topological polar surface area (TPSA) is 35.2 Å². The molecule has 0 aliphatic rings. The van der Waals surface area contributed by atoms with Crippen LogP contribution in [-0.2, 0) is 6.42 Å². The van der Waals surface area contributed by atoms with Crippen LogP contribution in [-0.4, -0.2) is 6.04 Å². The summed E-state index contributed by atoms with van der Waals surface area (Å²) < 4.78 is 7.98. The van der Waals surface area contributed by atoms with Gasteiger partial charge in [-0.05, 0) is 75.4 Å². The molecule has 2 aromatic rings. The fraction of sp³-hybridized carbons (Fsp3) is 0.294. The average Bonchev–Trinajstić information content (AvgIpc) is 2.43. The van der Waals surface area contributed by atoms with Crippen LogP contribution in [0, 0.1) is 0 Å². The van der Waals surface area contributed by atoms with Crippen LogP contribution < -0.4 is 10.5 Å². The first-order valence-corrected chi connectivity index (χ1v) is 8.51. The molecule has 2 unspecified atom stereocenters. The number of hydrogen-bond donors (Lipinski definition) is 1. The van der Waals surface area contributed by atoms with Gasteiger partial charge in [0.05, 0.1) is 8.95 Å². The number of ether oxygens (including phenoxy) is 1. The van der Waals surface area contributed by atoms with E-state index in [1.165, 1.54) is 5.56 Å². The van der Waals surface area contributed by atoms with E-state index in [-0.39, 0.29) is 12.1 Å². The molecule has 4 heteroatoms. The molecule has 0 heterocycles. The maximum Gasteiger partial charge on any atom is 0.148 e. The Morgan fingerprint density at radius 3 is 2.14 bits per heavy atom. The second-order valence-corrected chi connectivity index (χ2v) is 6.95. The molecular weight excluding hydrogens is 394 g/mol. The summed E-state index contributed by atoms with van der Waals surface area (Å²) in [4.78, 5) is 0. The molecule has 0 spiro atoms. The fourth-order valence-corrected chi connectivity index (χ4v) is 3.65. The molecule has 2 atom stereocenters. The van der Waals surface area contributed by atoms with E-state index in [2.05, 4.69) is 56.1 Å². The third kappa shape index (κ3) is 4.56. The highest BCUT2D eigenvalue weighted by Gasteiger charge is 2.14. The zero-order valence-corrected chi connectivity index (χ0v) is 15.3. The summed E-state index contributed by atoms with van der Waals surface area (Å²) in [5.41, 5.74) is 8.19. The summed E-state index contributed by atoms with van der Waals surface area (Å²) in [7, 11) is 0. The molecule has 0 aliphatic heterocycles. The van der Waals surface area contributed by atoms with Gasteiger partial charge in [0.1, 0.15) is 11.9 Å². The third-order valence-corrected chi connectivity index (χ3v) is 4.36. The van der Waals surface area contributed by atoms with Gasteiger partial charge in [-0.3, -0.25) is 0 Å². The first-order valence-electron chi connectivity index (χ1n) is 6.92. The van der Waals surface area contributed by atoms with Crippen LogP contribution in [0.3, 0.4) is 0 Å². The van der Waals surface area contributed by atoms with Gasteiger partial charge < -0.3 is 10.5 Å². The minimum atomic E-state index is -0.0157. The smallest absolute Gasteiger partial charge is 0.148 e. The van der Waals surface area contributed by atoms with Gasteiger partial charge in [-0.2, -0.15) is 0 Å². The Bertz CT molecular complexity index is 576. The molecule has 21 heavy (non-hydrogen) atoms. The van der Waals surface area contributed by atoms with E-state index >= 15 is 0 Å². The normalized spacial score (nSPS) is 13.8. The van der Waals surface area contributed by atoms with Crippen molar-refractivity contribution in [2.45, 2.75) is 32.4 Å². The highest BCUT2D eigenvalue weighted by Crippen LogP contribution is 2.37. The lowest BCUT2D eigenvalue weighted by Gasteiger charge is -2.18. The summed E-state index contributed by atoms with van der Waals surface area (Å²) in [6.07, 6.45) is 0.823. The van der Waals surface area contributed by atoms with E-state index < -0.39 is 0 Å². The molecule has 2 N–H and O–H groups in total. The predicted octanol–water partition coefficient (Wildman–Crippen LogP) is 5.24. The number of hydrogen-bond acceptors (Lipinski definition) is 2. The summed E-state index contributed by atoms with van der Waals surface area (Å²) in [6, 6.07) is 14.5. The number of halogens is 2. The van der Waals surface area contributed by atoms with Crippen molar-refractivity contribution in [2.24, 2.45) is 5.73 Å². The SMILES string of the molecule is CC(N)Cc1cc(Br)c(OC(C)c2ccccc2)c(Br)c1. The highest BCUT2D eigenvalue weighted by atomic mass is 79.9. The van der Waals surface area contributed by atoms with Crippen molar-refractivity contribution in [1.82, 2.24) is 0 Å². The molecule has 0 bridgehead atoms. The van der Waals surface area contributed by atoms with Gasteiger partial charge in [0.2, 0.25) is 0 Å².